The first-order chi connectivity index (χ1) is 9.84. The number of hydrogen-bond acceptors (Lipinski definition) is 5. The van der Waals surface area contributed by atoms with Gasteiger partial charge in [0, 0.05) is 12.7 Å². The minimum Gasteiger partial charge on any atom is -0.465 e. The lowest BCUT2D eigenvalue weighted by Crippen LogP contribution is -2.27. The summed E-state index contributed by atoms with van der Waals surface area (Å²) in [5.74, 6) is 1.24. The first kappa shape index (κ1) is 15.1. The molecule has 0 fully saturated rings. The molecule has 6 nitrogen and oxygen atoms in total. The van der Waals surface area contributed by atoms with E-state index in [1.54, 1.807) is 19.1 Å². The summed E-state index contributed by atoms with van der Waals surface area (Å²) in [6, 6.07) is 9.48. The summed E-state index contributed by atoms with van der Waals surface area (Å²) in [7, 11) is -2.36. The Morgan fingerprint density at radius 1 is 1.33 bits per heavy atom. The molecule has 1 aromatic carbocycles. The Kier molecular flexibility index (Phi) is 4.02. The molecule has 110 valence electrons. The standard InChI is InChI=1S/C14H15N3O3S/c1-10-3-5-13(20-10)9-17(2)21(18,19)14-6-4-12(16)7-11(14)8-15/h3-7H,9,16H2,1-2H3. The second-order valence-electron chi connectivity index (χ2n) is 4.64. The van der Waals surface area contributed by atoms with Crippen LogP contribution in [-0.2, 0) is 16.6 Å². The lowest BCUT2D eigenvalue weighted by atomic mass is 10.2. The zero-order chi connectivity index (χ0) is 15.6. The molecule has 0 aliphatic rings. The Bertz CT molecular complexity index is 803. The molecular weight excluding hydrogens is 290 g/mol. The molecular formula is C14H15N3O3S. The van der Waals surface area contributed by atoms with Crippen molar-refractivity contribution in [1.82, 2.24) is 4.31 Å². The summed E-state index contributed by atoms with van der Waals surface area (Å²) in [5.41, 5.74) is 5.94. The number of nitrogens with two attached hydrogens (primary N) is 1. The average Bonchev–Trinajstić information content (AvgIpc) is 2.83. The van der Waals surface area contributed by atoms with Gasteiger partial charge >= 0.3 is 0 Å². The predicted molar refractivity (Wildman–Crippen MR) is 77.7 cm³/mol. The Morgan fingerprint density at radius 3 is 2.62 bits per heavy atom. The van der Waals surface area contributed by atoms with Crippen molar-refractivity contribution in [3.63, 3.8) is 0 Å². The Morgan fingerprint density at radius 2 is 2.05 bits per heavy atom. The maximum Gasteiger partial charge on any atom is 0.244 e. The molecule has 0 atom stereocenters. The molecule has 21 heavy (non-hydrogen) atoms. The lowest BCUT2D eigenvalue weighted by Gasteiger charge is -2.17. The van der Waals surface area contributed by atoms with Crippen LogP contribution in [0.2, 0.25) is 0 Å². The van der Waals surface area contributed by atoms with E-state index >= 15 is 0 Å². The van der Waals surface area contributed by atoms with E-state index in [1.807, 2.05) is 6.07 Å². The summed E-state index contributed by atoms with van der Waals surface area (Å²) in [5, 5.41) is 9.07. The van der Waals surface area contributed by atoms with Gasteiger partial charge in [0.25, 0.3) is 0 Å². The molecule has 0 bridgehead atoms. The first-order valence-corrected chi connectivity index (χ1v) is 7.60. The van der Waals surface area contributed by atoms with Crippen molar-refractivity contribution in [3.05, 3.63) is 47.4 Å². The van der Waals surface area contributed by atoms with Crippen LogP contribution in [0, 0.1) is 18.3 Å². The molecule has 0 aliphatic heterocycles. The SMILES string of the molecule is Cc1ccc(CN(C)S(=O)(=O)c2ccc(N)cc2C#N)o1. The minimum atomic E-state index is -3.79. The topological polar surface area (TPSA) is 100 Å². The van der Waals surface area contributed by atoms with Crippen LogP contribution in [0.5, 0.6) is 0 Å². The van der Waals surface area contributed by atoms with Gasteiger partial charge in [-0.3, -0.25) is 0 Å². The second-order valence-corrected chi connectivity index (χ2v) is 6.65. The molecule has 0 saturated heterocycles. The van der Waals surface area contributed by atoms with Crippen LogP contribution >= 0.6 is 0 Å². The second kappa shape index (κ2) is 5.60. The molecule has 2 N–H and O–H groups in total. The number of furan rings is 1. The molecule has 2 rings (SSSR count). The van der Waals surface area contributed by atoms with Gasteiger partial charge in [0.05, 0.1) is 12.1 Å². The van der Waals surface area contributed by atoms with Gasteiger partial charge in [-0.05, 0) is 37.3 Å². The zero-order valence-corrected chi connectivity index (χ0v) is 12.5. The fraction of sp³-hybridized carbons (Fsp3) is 0.214. The monoisotopic (exact) mass is 305 g/mol. The molecule has 0 aliphatic carbocycles. The van der Waals surface area contributed by atoms with Crippen LogP contribution in [0.4, 0.5) is 5.69 Å². The summed E-state index contributed by atoms with van der Waals surface area (Å²) in [4.78, 5) is -0.0648. The van der Waals surface area contributed by atoms with Gasteiger partial charge in [0.1, 0.15) is 22.5 Å². The molecule has 0 saturated carbocycles. The normalized spacial score (nSPS) is 11.5. The van der Waals surface area contributed by atoms with Crippen molar-refractivity contribution < 1.29 is 12.8 Å². The van der Waals surface area contributed by atoms with Gasteiger partial charge in [-0.15, -0.1) is 0 Å². The molecule has 7 heteroatoms. The maximum atomic E-state index is 12.5. The summed E-state index contributed by atoms with van der Waals surface area (Å²) < 4.78 is 31.6. The van der Waals surface area contributed by atoms with Crippen molar-refractivity contribution in [1.29, 1.82) is 5.26 Å². The molecule has 0 radical (unpaired) electrons. The van der Waals surface area contributed by atoms with Gasteiger partial charge < -0.3 is 10.2 Å². The molecule has 0 spiro atoms. The van der Waals surface area contributed by atoms with E-state index in [2.05, 4.69) is 0 Å². The van der Waals surface area contributed by atoms with Crippen LogP contribution in [-0.4, -0.2) is 19.8 Å². The summed E-state index contributed by atoms with van der Waals surface area (Å²) >= 11 is 0. The number of anilines is 1. The average molecular weight is 305 g/mol. The quantitative estimate of drug-likeness (QED) is 0.869. The van der Waals surface area contributed by atoms with E-state index < -0.39 is 10.0 Å². The number of nitrogen functional groups attached to an aromatic ring is 1. The van der Waals surface area contributed by atoms with Crippen LogP contribution < -0.4 is 5.73 Å². The van der Waals surface area contributed by atoms with Crippen molar-refractivity contribution in [3.8, 4) is 6.07 Å². The fourth-order valence-corrected chi connectivity index (χ4v) is 3.16. The van der Waals surface area contributed by atoms with Crippen LogP contribution in [0.25, 0.3) is 0 Å². The number of aryl methyl sites for hydroxylation is 1. The lowest BCUT2D eigenvalue weighted by molar-refractivity contribution is 0.397. The number of sulfonamides is 1. The van der Waals surface area contributed by atoms with Crippen LogP contribution in [0.15, 0.2) is 39.6 Å². The van der Waals surface area contributed by atoms with Crippen molar-refractivity contribution >= 4 is 15.7 Å². The Balaban J connectivity index is 2.35. The summed E-state index contributed by atoms with van der Waals surface area (Å²) in [6.07, 6.45) is 0. The van der Waals surface area contributed by atoms with Gasteiger partial charge in [-0.2, -0.15) is 9.57 Å². The minimum absolute atomic E-state index is 0.0254. The Hall–Kier alpha value is -2.30. The van der Waals surface area contributed by atoms with E-state index in [4.69, 9.17) is 15.4 Å². The third kappa shape index (κ3) is 3.07. The maximum absolute atomic E-state index is 12.5. The first-order valence-electron chi connectivity index (χ1n) is 6.16. The highest BCUT2D eigenvalue weighted by Gasteiger charge is 2.25. The van der Waals surface area contributed by atoms with E-state index in [0.717, 1.165) is 4.31 Å². The molecule has 1 aromatic heterocycles. The summed E-state index contributed by atoms with van der Waals surface area (Å²) in [6.45, 7) is 1.87. The van der Waals surface area contributed by atoms with Gasteiger partial charge in [-0.1, -0.05) is 0 Å². The Labute approximate surface area is 123 Å². The number of nitriles is 1. The highest BCUT2D eigenvalue weighted by molar-refractivity contribution is 7.89. The van der Waals surface area contributed by atoms with Gasteiger partial charge in [-0.25, -0.2) is 8.42 Å². The van der Waals surface area contributed by atoms with Crippen LogP contribution in [0.1, 0.15) is 17.1 Å². The number of hydrogen-bond donors (Lipinski definition) is 1. The highest BCUT2D eigenvalue weighted by atomic mass is 32.2. The third-order valence-corrected chi connectivity index (χ3v) is 4.85. The molecule has 1 heterocycles. The van der Waals surface area contributed by atoms with E-state index in [9.17, 15) is 8.42 Å². The number of rotatable bonds is 4. The van der Waals surface area contributed by atoms with Gasteiger partial charge in [0.15, 0.2) is 0 Å². The highest BCUT2D eigenvalue weighted by Crippen LogP contribution is 2.22. The molecule has 0 unspecified atom stereocenters. The van der Waals surface area contributed by atoms with E-state index in [-0.39, 0.29) is 17.0 Å². The zero-order valence-electron chi connectivity index (χ0n) is 11.7. The van der Waals surface area contributed by atoms with Crippen molar-refractivity contribution in [2.45, 2.75) is 18.4 Å². The van der Waals surface area contributed by atoms with Gasteiger partial charge in [0.2, 0.25) is 10.0 Å². The number of benzene rings is 1. The van der Waals surface area contributed by atoms with Crippen molar-refractivity contribution in [2.24, 2.45) is 0 Å². The number of nitrogens with zero attached hydrogens (tertiary/aromatic N) is 2. The van der Waals surface area contributed by atoms with E-state index in [0.29, 0.717) is 17.2 Å². The smallest absolute Gasteiger partial charge is 0.244 e. The predicted octanol–water partition coefficient (Wildman–Crippen LogP) is 1.86. The van der Waals surface area contributed by atoms with Crippen molar-refractivity contribution in [2.75, 3.05) is 12.8 Å². The van der Waals surface area contributed by atoms with Crippen LogP contribution in [0.3, 0.4) is 0 Å². The fourth-order valence-electron chi connectivity index (χ4n) is 1.90. The third-order valence-electron chi connectivity index (χ3n) is 2.99. The van der Waals surface area contributed by atoms with E-state index in [1.165, 1.54) is 25.2 Å². The largest absolute Gasteiger partial charge is 0.465 e. The molecule has 0 amide bonds. The molecule has 2 aromatic rings.